The van der Waals surface area contributed by atoms with Crippen LogP contribution in [0.2, 0.25) is 0 Å². The van der Waals surface area contributed by atoms with Crippen LogP contribution in [0.1, 0.15) is 40.7 Å². The molecule has 134 valence electrons. The van der Waals surface area contributed by atoms with E-state index in [4.69, 9.17) is 5.21 Å². The van der Waals surface area contributed by atoms with E-state index in [1.54, 1.807) is 5.48 Å². The second kappa shape index (κ2) is 8.84. The first-order valence-electron chi connectivity index (χ1n) is 8.91. The molecule has 1 amide bonds. The predicted molar refractivity (Wildman–Crippen MR) is 106 cm³/mol. The smallest absolute Gasteiger partial charge is 0.255 e. The largest absolute Gasteiger partial charge is 0.289 e. The summed E-state index contributed by atoms with van der Waals surface area (Å²) in [5.74, 6) is 5.25. The highest BCUT2D eigenvalue weighted by Gasteiger charge is 2.22. The highest BCUT2D eigenvalue weighted by atomic mass is 16.5. The third kappa shape index (κ3) is 4.63. The Bertz CT molecular complexity index is 967. The van der Waals surface area contributed by atoms with Crippen molar-refractivity contribution in [3.63, 3.8) is 0 Å². The van der Waals surface area contributed by atoms with E-state index < -0.39 is 11.8 Å². The van der Waals surface area contributed by atoms with Gasteiger partial charge in [-0.2, -0.15) is 0 Å². The Hall–Kier alpha value is -3.35. The van der Waals surface area contributed by atoms with Gasteiger partial charge >= 0.3 is 0 Å². The molecule has 3 rings (SSSR count). The normalized spacial score (nSPS) is 11.2. The second-order valence-electron chi connectivity index (χ2n) is 6.25. The summed E-state index contributed by atoms with van der Waals surface area (Å²) in [6.07, 6.45) is 1.00. The Labute approximate surface area is 159 Å². The van der Waals surface area contributed by atoms with Crippen molar-refractivity contribution in [1.82, 2.24) is 5.48 Å². The molecule has 0 saturated carbocycles. The summed E-state index contributed by atoms with van der Waals surface area (Å²) in [5.41, 5.74) is 6.41. The molecule has 3 aromatic rings. The first kappa shape index (κ1) is 18.4. The van der Waals surface area contributed by atoms with Crippen LogP contribution < -0.4 is 5.48 Å². The number of hydroxylamine groups is 1. The van der Waals surface area contributed by atoms with E-state index in [2.05, 4.69) is 30.9 Å². The number of carbonyl (C=O) groups excluding carboxylic acids is 1. The topological polar surface area (TPSA) is 49.3 Å². The van der Waals surface area contributed by atoms with Gasteiger partial charge in [0.1, 0.15) is 0 Å². The van der Waals surface area contributed by atoms with Gasteiger partial charge in [0, 0.05) is 11.1 Å². The molecule has 0 bridgehead atoms. The first-order chi connectivity index (χ1) is 13.2. The molecule has 2 N–H and O–H groups in total. The average Bonchev–Trinajstić information content (AvgIpc) is 2.74. The summed E-state index contributed by atoms with van der Waals surface area (Å²) >= 11 is 0. The van der Waals surface area contributed by atoms with E-state index in [9.17, 15) is 4.79 Å². The molecule has 27 heavy (non-hydrogen) atoms. The molecule has 3 aromatic carbocycles. The van der Waals surface area contributed by atoms with Gasteiger partial charge in [-0.3, -0.25) is 10.0 Å². The lowest BCUT2D eigenvalue weighted by Crippen LogP contribution is -2.27. The van der Waals surface area contributed by atoms with E-state index in [0.717, 1.165) is 28.7 Å². The number of hydrogen-bond acceptors (Lipinski definition) is 2. The van der Waals surface area contributed by atoms with Crippen LogP contribution in [0.15, 0.2) is 78.9 Å². The first-order valence-corrected chi connectivity index (χ1v) is 8.91. The zero-order chi connectivity index (χ0) is 19.1. The molecule has 0 fully saturated rings. The lowest BCUT2D eigenvalue weighted by Gasteiger charge is -2.16. The van der Waals surface area contributed by atoms with Crippen LogP contribution in [0.3, 0.4) is 0 Å². The van der Waals surface area contributed by atoms with Gasteiger partial charge in [-0.1, -0.05) is 73.4 Å². The third-order valence-electron chi connectivity index (χ3n) is 4.44. The van der Waals surface area contributed by atoms with E-state index >= 15 is 0 Å². The summed E-state index contributed by atoms with van der Waals surface area (Å²) in [5, 5.41) is 9.16. The number of nitrogens with one attached hydrogen (secondary N) is 1. The summed E-state index contributed by atoms with van der Waals surface area (Å²) in [4.78, 5) is 12.3. The lowest BCUT2D eigenvalue weighted by molar-refractivity contribution is -0.129. The number of amides is 1. The van der Waals surface area contributed by atoms with Crippen molar-refractivity contribution in [3.05, 3.63) is 107 Å². The third-order valence-corrected chi connectivity index (χ3v) is 4.44. The minimum atomic E-state index is -0.596. The molecule has 0 saturated heterocycles. The molecule has 0 aliphatic carbocycles. The van der Waals surface area contributed by atoms with Gasteiger partial charge in [0.2, 0.25) is 0 Å². The Morgan fingerprint density at radius 1 is 0.889 bits per heavy atom. The molecule has 0 radical (unpaired) electrons. The molecule has 0 heterocycles. The summed E-state index contributed by atoms with van der Waals surface area (Å²) in [6.45, 7) is 2.12. The van der Waals surface area contributed by atoms with Gasteiger partial charge in [0.05, 0.1) is 5.92 Å². The maximum Gasteiger partial charge on any atom is 0.255 e. The van der Waals surface area contributed by atoms with Crippen LogP contribution in [-0.4, -0.2) is 11.1 Å². The predicted octanol–water partition coefficient (Wildman–Crippen LogP) is 4.29. The van der Waals surface area contributed by atoms with Gasteiger partial charge in [-0.25, -0.2) is 5.48 Å². The summed E-state index contributed by atoms with van der Waals surface area (Å²) in [7, 11) is 0. The highest BCUT2D eigenvalue weighted by Crippen LogP contribution is 2.25. The fraction of sp³-hybridized carbons (Fsp3) is 0.125. The van der Waals surface area contributed by atoms with Crippen molar-refractivity contribution in [3.8, 4) is 11.8 Å². The molecule has 0 aliphatic heterocycles. The molecule has 1 atom stereocenters. The minimum absolute atomic E-state index is 0.471. The molecule has 3 nitrogen and oxygen atoms in total. The fourth-order valence-corrected chi connectivity index (χ4v) is 2.97. The molecule has 1 unspecified atom stereocenters. The lowest BCUT2D eigenvalue weighted by atomic mass is 9.90. The Morgan fingerprint density at radius 3 is 2.22 bits per heavy atom. The van der Waals surface area contributed by atoms with Crippen LogP contribution >= 0.6 is 0 Å². The Kier molecular flexibility index (Phi) is 6.04. The number of hydrogen-bond donors (Lipinski definition) is 2. The highest BCUT2D eigenvalue weighted by molar-refractivity contribution is 5.86. The standard InChI is InChI=1S/C24H21NO2/c1-2-18-11-13-19(14-12-18)15-16-20-7-6-10-22(17-20)23(24(26)25-27)21-8-4-3-5-9-21/h3-14,17,23,27H,2H2,1H3,(H,25,26). The second-order valence-corrected chi connectivity index (χ2v) is 6.25. The SMILES string of the molecule is CCc1ccc(C#Cc2cccc(C(C(=O)NO)c3ccccc3)c2)cc1. The van der Waals surface area contributed by atoms with Gasteiger partial charge in [0.25, 0.3) is 5.91 Å². The monoisotopic (exact) mass is 355 g/mol. The molecule has 0 aromatic heterocycles. The Balaban J connectivity index is 1.92. The van der Waals surface area contributed by atoms with Gasteiger partial charge in [-0.05, 0) is 47.4 Å². The minimum Gasteiger partial charge on any atom is -0.289 e. The molecular weight excluding hydrogens is 334 g/mol. The average molecular weight is 355 g/mol. The van der Waals surface area contributed by atoms with Crippen molar-refractivity contribution < 1.29 is 10.0 Å². The van der Waals surface area contributed by atoms with Crippen LogP contribution in [0, 0.1) is 11.8 Å². The zero-order valence-corrected chi connectivity index (χ0v) is 15.1. The number of carbonyl (C=O) groups is 1. The Morgan fingerprint density at radius 2 is 1.56 bits per heavy atom. The number of rotatable bonds is 4. The van der Waals surface area contributed by atoms with Crippen molar-refractivity contribution in [2.45, 2.75) is 19.3 Å². The van der Waals surface area contributed by atoms with Crippen LogP contribution in [0.5, 0.6) is 0 Å². The van der Waals surface area contributed by atoms with Crippen LogP contribution in [-0.2, 0) is 11.2 Å². The zero-order valence-electron chi connectivity index (χ0n) is 15.1. The van der Waals surface area contributed by atoms with Crippen LogP contribution in [0.25, 0.3) is 0 Å². The van der Waals surface area contributed by atoms with E-state index in [-0.39, 0.29) is 0 Å². The maximum atomic E-state index is 12.3. The quantitative estimate of drug-likeness (QED) is 0.417. The van der Waals surface area contributed by atoms with E-state index in [0.29, 0.717) is 0 Å². The van der Waals surface area contributed by atoms with Crippen molar-refractivity contribution >= 4 is 5.91 Å². The molecule has 0 spiro atoms. The van der Waals surface area contributed by atoms with Gasteiger partial charge in [0.15, 0.2) is 0 Å². The summed E-state index contributed by atoms with van der Waals surface area (Å²) < 4.78 is 0. The number of aryl methyl sites for hydroxylation is 1. The van der Waals surface area contributed by atoms with Crippen molar-refractivity contribution in [2.24, 2.45) is 0 Å². The maximum absolute atomic E-state index is 12.3. The van der Waals surface area contributed by atoms with Crippen LogP contribution in [0.4, 0.5) is 0 Å². The van der Waals surface area contributed by atoms with Crippen molar-refractivity contribution in [2.75, 3.05) is 0 Å². The van der Waals surface area contributed by atoms with Gasteiger partial charge in [-0.15, -0.1) is 0 Å². The summed E-state index contributed by atoms with van der Waals surface area (Å²) in [6, 6.07) is 25.1. The molecule has 0 aliphatic rings. The van der Waals surface area contributed by atoms with E-state index in [1.807, 2.05) is 66.7 Å². The van der Waals surface area contributed by atoms with Crippen molar-refractivity contribution in [1.29, 1.82) is 0 Å². The fourth-order valence-electron chi connectivity index (χ4n) is 2.97. The number of benzene rings is 3. The molecular formula is C24H21NO2. The molecule has 3 heteroatoms. The van der Waals surface area contributed by atoms with E-state index in [1.165, 1.54) is 5.56 Å². The van der Waals surface area contributed by atoms with Gasteiger partial charge < -0.3 is 0 Å².